The topological polar surface area (TPSA) is 29.5 Å². The molecule has 1 aliphatic heterocycles. The van der Waals surface area contributed by atoms with E-state index in [1.165, 1.54) is 16.7 Å². The number of rotatable bonds is 4. The van der Waals surface area contributed by atoms with Gasteiger partial charge in [-0.05, 0) is 31.5 Å². The normalized spacial score (nSPS) is 14.7. The maximum absolute atomic E-state index is 12.3. The monoisotopic (exact) mass is 295 g/mol. The van der Waals surface area contributed by atoms with Crippen LogP contribution in [0, 0.1) is 13.8 Å². The highest BCUT2D eigenvalue weighted by molar-refractivity contribution is 5.94. The summed E-state index contributed by atoms with van der Waals surface area (Å²) in [6, 6.07) is 16.1. The Bertz CT molecular complexity index is 640. The molecule has 0 atom stereocenters. The number of likely N-dealkylation sites (tertiary alicyclic amines) is 1. The van der Waals surface area contributed by atoms with E-state index in [9.17, 15) is 4.79 Å². The molecule has 0 spiro atoms. The van der Waals surface area contributed by atoms with Crippen LogP contribution < -0.4 is 0 Å². The second-order valence-corrected chi connectivity index (χ2v) is 5.99. The minimum absolute atomic E-state index is 0.0928. The van der Waals surface area contributed by atoms with Gasteiger partial charge in [0, 0.05) is 18.7 Å². The molecule has 1 aliphatic rings. The van der Waals surface area contributed by atoms with Crippen LogP contribution in [-0.2, 0) is 11.3 Å². The van der Waals surface area contributed by atoms with E-state index in [4.69, 9.17) is 4.74 Å². The second-order valence-electron chi connectivity index (χ2n) is 5.99. The van der Waals surface area contributed by atoms with Gasteiger partial charge in [-0.2, -0.15) is 0 Å². The lowest BCUT2D eigenvalue weighted by molar-refractivity contribution is -0.0503. The molecule has 3 nitrogen and oxygen atoms in total. The SMILES string of the molecule is Cc1ccc(COC2CN(C(=O)c3ccc(C)cc3)C2)cc1. The molecule has 22 heavy (non-hydrogen) atoms. The average Bonchev–Trinajstić information content (AvgIpc) is 2.48. The Labute approximate surface area is 131 Å². The zero-order chi connectivity index (χ0) is 15.5. The zero-order valence-electron chi connectivity index (χ0n) is 13.1. The first-order chi connectivity index (χ1) is 10.6. The van der Waals surface area contributed by atoms with Gasteiger partial charge in [0.15, 0.2) is 0 Å². The number of carbonyl (C=O) groups excluding carboxylic acids is 1. The molecule has 3 heteroatoms. The molecule has 114 valence electrons. The molecular formula is C19H21NO2. The predicted molar refractivity (Wildman–Crippen MR) is 86.8 cm³/mol. The van der Waals surface area contributed by atoms with Crippen LogP contribution in [0.5, 0.6) is 0 Å². The van der Waals surface area contributed by atoms with Crippen molar-refractivity contribution in [1.29, 1.82) is 0 Å². The molecule has 2 aromatic rings. The Kier molecular flexibility index (Phi) is 4.25. The molecular weight excluding hydrogens is 274 g/mol. The Morgan fingerprint density at radius 1 is 1.00 bits per heavy atom. The fraction of sp³-hybridized carbons (Fsp3) is 0.316. The average molecular weight is 295 g/mol. The van der Waals surface area contributed by atoms with E-state index in [-0.39, 0.29) is 12.0 Å². The van der Waals surface area contributed by atoms with Crippen LogP contribution in [0.2, 0.25) is 0 Å². The van der Waals surface area contributed by atoms with Gasteiger partial charge in [-0.1, -0.05) is 47.5 Å². The fourth-order valence-electron chi connectivity index (χ4n) is 2.49. The van der Waals surface area contributed by atoms with Crippen molar-refractivity contribution < 1.29 is 9.53 Å². The Hall–Kier alpha value is -2.13. The van der Waals surface area contributed by atoms with Crippen molar-refractivity contribution in [3.63, 3.8) is 0 Å². The number of carbonyl (C=O) groups is 1. The van der Waals surface area contributed by atoms with Crippen molar-refractivity contribution in [3.8, 4) is 0 Å². The first-order valence-electron chi connectivity index (χ1n) is 7.65. The molecule has 0 aromatic heterocycles. The van der Waals surface area contributed by atoms with E-state index >= 15 is 0 Å². The van der Waals surface area contributed by atoms with Crippen LogP contribution >= 0.6 is 0 Å². The van der Waals surface area contributed by atoms with Gasteiger partial charge < -0.3 is 9.64 Å². The van der Waals surface area contributed by atoms with Crippen LogP contribution in [0.3, 0.4) is 0 Å². The second kappa shape index (κ2) is 6.32. The van der Waals surface area contributed by atoms with Gasteiger partial charge in [0.1, 0.15) is 0 Å². The fourth-order valence-corrected chi connectivity index (χ4v) is 2.49. The van der Waals surface area contributed by atoms with Crippen LogP contribution in [0.25, 0.3) is 0 Å². The Balaban J connectivity index is 1.46. The van der Waals surface area contributed by atoms with E-state index in [1.54, 1.807) is 0 Å². The van der Waals surface area contributed by atoms with Crippen molar-refractivity contribution in [2.75, 3.05) is 13.1 Å². The number of ether oxygens (including phenoxy) is 1. The number of amides is 1. The molecule has 1 fully saturated rings. The number of nitrogens with zero attached hydrogens (tertiary/aromatic N) is 1. The molecule has 1 amide bonds. The maximum Gasteiger partial charge on any atom is 0.254 e. The summed E-state index contributed by atoms with van der Waals surface area (Å²) in [6.45, 7) is 6.06. The molecule has 0 unspecified atom stereocenters. The number of hydrogen-bond donors (Lipinski definition) is 0. The first kappa shape index (κ1) is 14.8. The zero-order valence-corrected chi connectivity index (χ0v) is 13.1. The van der Waals surface area contributed by atoms with Crippen LogP contribution in [-0.4, -0.2) is 30.0 Å². The molecule has 0 bridgehead atoms. The molecule has 0 radical (unpaired) electrons. The summed E-state index contributed by atoms with van der Waals surface area (Å²) in [5, 5.41) is 0. The third-order valence-corrected chi connectivity index (χ3v) is 4.04. The predicted octanol–water partition coefficient (Wildman–Crippen LogP) is 3.34. The van der Waals surface area contributed by atoms with Crippen molar-refractivity contribution in [2.24, 2.45) is 0 Å². The van der Waals surface area contributed by atoms with Gasteiger partial charge in [-0.15, -0.1) is 0 Å². The van der Waals surface area contributed by atoms with Gasteiger partial charge in [0.05, 0.1) is 12.7 Å². The first-order valence-corrected chi connectivity index (χ1v) is 7.65. The third-order valence-electron chi connectivity index (χ3n) is 4.04. The molecule has 0 aliphatic carbocycles. The van der Waals surface area contributed by atoms with Crippen molar-refractivity contribution in [3.05, 3.63) is 70.8 Å². The molecule has 1 heterocycles. The summed E-state index contributed by atoms with van der Waals surface area (Å²) in [4.78, 5) is 14.1. The molecule has 0 saturated carbocycles. The summed E-state index contributed by atoms with van der Waals surface area (Å²) in [6.07, 6.45) is 0.149. The van der Waals surface area contributed by atoms with Gasteiger partial charge in [-0.25, -0.2) is 0 Å². The summed E-state index contributed by atoms with van der Waals surface area (Å²) < 4.78 is 5.85. The smallest absolute Gasteiger partial charge is 0.254 e. The van der Waals surface area contributed by atoms with E-state index in [1.807, 2.05) is 36.1 Å². The van der Waals surface area contributed by atoms with Crippen molar-refractivity contribution >= 4 is 5.91 Å². The van der Waals surface area contributed by atoms with E-state index in [0.717, 1.165) is 5.56 Å². The lowest BCUT2D eigenvalue weighted by atomic mass is 10.1. The minimum Gasteiger partial charge on any atom is -0.370 e. The highest BCUT2D eigenvalue weighted by atomic mass is 16.5. The Morgan fingerprint density at radius 2 is 1.55 bits per heavy atom. The lowest BCUT2D eigenvalue weighted by Crippen LogP contribution is -2.54. The summed E-state index contributed by atoms with van der Waals surface area (Å²) in [5.74, 6) is 0.0928. The van der Waals surface area contributed by atoms with Gasteiger partial charge in [0.25, 0.3) is 5.91 Å². The highest BCUT2D eigenvalue weighted by Crippen LogP contribution is 2.18. The molecule has 1 saturated heterocycles. The van der Waals surface area contributed by atoms with E-state index in [0.29, 0.717) is 19.7 Å². The van der Waals surface area contributed by atoms with Crippen molar-refractivity contribution in [1.82, 2.24) is 4.90 Å². The van der Waals surface area contributed by atoms with Crippen LogP contribution in [0.4, 0.5) is 0 Å². The highest BCUT2D eigenvalue weighted by Gasteiger charge is 2.31. The quantitative estimate of drug-likeness (QED) is 0.865. The standard InChI is InChI=1S/C19H21NO2/c1-14-3-7-16(8-4-14)13-22-18-11-20(12-18)19(21)17-9-5-15(2)6-10-17/h3-10,18H,11-13H2,1-2H3. The molecule has 0 N–H and O–H groups in total. The lowest BCUT2D eigenvalue weighted by Gasteiger charge is -2.39. The Morgan fingerprint density at radius 3 is 2.14 bits per heavy atom. The minimum atomic E-state index is 0.0928. The van der Waals surface area contributed by atoms with Gasteiger partial charge in [-0.3, -0.25) is 4.79 Å². The summed E-state index contributed by atoms with van der Waals surface area (Å²) >= 11 is 0. The molecule has 3 rings (SSSR count). The van der Waals surface area contributed by atoms with E-state index in [2.05, 4.69) is 31.2 Å². The van der Waals surface area contributed by atoms with Gasteiger partial charge in [0.2, 0.25) is 0 Å². The number of aryl methyl sites for hydroxylation is 2. The number of hydrogen-bond acceptors (Lipinski definition) is 2. The van der Waals surface area contributed by atoms with E-state index < -0.39 is 0 Å². The number of benzene rings is 2. The summed E-state index contributed by atoms with van der Waals surface area (Å²) in [5.41, 5.74) is 4.35. The van der Waals surface area contributed by atoms with Crippen molar-refractivity contribution in [2.45, 2.75) is 26.6 Å². The maximum atomic E-state index is 12.3. The largest absolute Gasteiger partial charge is 0.370 e. The molecule has 2 aromatic carbocycles. The summed E-state index contributed by atoms with van der Waals surface area (Å²) in [7, 11) is 0. The third kappa shape index (κ3) is 3.37. The van der Waals surface area contributed by atoms with Crippen LogP contribution in [0.15, 0.2) is 48.5 Å². The van der Waals surface area contributed by atoms with Crippen LogP contribution in [0.1, 0.15) is 27.0 Å². The van der Waals surface area contributed by atoms with Gasteiger partial charge >= 0.3 is 0 Å².